The molecule has 10 heteroatoms. The molecule has 1 saturated carbocycles. The number of allylic oxidation sites excluding steroid dienone is 5. The van der Waals surface area contributed by atoms with Crippen molar-refractivity contribution in [3.8, 4) is 0 Å². The number of fused-ring (bicyclic) bond motifs is 2. The van der Waals surface area contributed by atoms with Crippen LogP contribution < -0.4 is 4.90 Å². The number of nitro groups is 2. The number of non-ortho nitro benzene ring substituents is 2. The van der Waals surface area contributed by atoms with Crippen molar-refractivity contribution in [1.29, 1.82) is 0 Å². The number of nitro benzene ring substituents is 2. The van der Waals surface area contributed by atoms with Crippen molar-refractivity contribution in [2.24, 2.45) is 5.92 Å². The summed E-state index contributed by atoms with van der Waals surface area (Å²) in [4.78, 5) is 38.1. The van der Waals surface area contributed by atoms with Crippen LogP contribution in [0.15, 0.2) is 71.2 Å². The summed E-state index contributed by atoms with van der Waals surface area (Å²) in [6.07, 6.45) is 9.24. The maximum atomic E-state index is 13.6. The van der Waals surface area contributed by atoms with Crippen LogP contribution in [-0.4, -0.2) is 44.6 Å². The highest BCUT2D eigenvalue weighted by Gasteiger charge is 2.47. The summed E-state index contributed by atoms with van der Waals surface area (Å²) in [5.41, 5.74) is 4.03. The summed E-state index contributed by atoms with van der Waals surface area (Å²) in [6.45, 7) is 8.63. The van der Waals surface area contributed by atoms with Crippen LogP contribution in [0, 0.1) is 26.1 Å². The van der Waals surface area contributed by atoms with Crippen LogP contribution >= 0.6 is 0 Å². The van der Waals surface area contributed by atoms with Crippen LogP contribution in [0.25, 0.3) is 0 Å². The van der Waals surface area contributed by atoms with E-state index in [0.29, 0.717) is 5.92 Å². The molecule has 0 aromatic heterocycles. The molecule has 0 atom stereocenters. The number of Topliss-reactive ketones (excluding diaryl/α,β-unsaturated/α-hetero) is 1. The lowest BCUT2D eigenvalue weighted by Crippen LogP contribution is -2.33. The Bertz CT molecular complexity index is 1770. The molecule has 44 heavy (non-hydrogen) atoms. The molecule has 1 fully saturated rings. The molecule has 2 aliphatic carbocycles. The topological polar surface area (TPSA) is 130 Å². The summed E-state index contributed by atoms with van der Waals surface area (Å²) in [6, 6.07) is 9.70. The highest BCUT2D eigenvalue weighted by molar-refractivity contribution is 6.24. The molecule has 0 radical (unpaired) electrons. The number of carbonyl (C=O) groups is 1. The van der Waals surface area contributed by atoms with Crippen LogP contribution in [0.1, 0.15) is 70.9 Å². The van der Waals surface area contributed by atoms with E-state index < -0.39 is 15.8 Å². The fraction of sp³-hybridized carbons (Fsp3) is 0.412. The molecule has 1 N–H and O–H groups in total. The highest BCUT2D eigenvalue weighted by Crippen LogP contribution is 2.51. The van der Waals surface area contributed by atoms with Crippen molar-refractivity contribution in [3.05, 3.63) is 103 Å². The number of aliphatic hydroxyl groups excluding tert-OH is 1. The summed E-state index contributed by atoms with van der Waals surface area (Å²) in [5.74, 6) is 0.0775. The van der Waals surface area contributed by atoms with Crippen LogP contribution in [0.2, 0.25) is 0 Å². The van der Waals surface area contributed by atoms with Gasteiger partial charge in [0.1, 0.15) is 12.8 Å². The smallest absolute Gasteiger partial charge is 0.270 e. The van der Waals surface area contributed by atoms with Gasteiger partial charge in [0.2, 0.25) is 11.5 Å². The Morgan fingerprint density at radius 2 is 1.55 bits per heavy atom. The standard InChI is InChI=1S/C34H36N4O6/c1-33(2)25-15-21(37(41)42)11-13-27(25)35(5)29(33)17-23-31(39)24(32(23)40)18-30-34(3,4)26-16-22(38(43)44)12-14-28(26)36(30)19-20-9-7-6-8-10-20/h11-18,20H,6-10,19H2,1-5H3/p+1. The number of rotatable bonds is 6. The lowest BCUT2D eigenvalue weighted by atomic mass is 9.77. The Kier molecular flexibility index (Phi) is 6.86. The molecule has 10 nitrogen and oxygen atoms in total. The summed E-state index contributed by atoms with van der Waals surface area (Å²) >= 11 is 0. The number of nitrogens with zero attached hydrogens (tertiary/aromatic N) is 4. The van der Waals surface area contributed by atoms with Gasteiger partial charge in [-0.2, -0.15) is 4.58 Å². The van der Waals surface area contributed by atoms with Crippen molar-refractivity contribution in [2.45, 2.75) is 70.6 Å². The van der Waals surface area contributed by atoms with E-state index in [0.717, 1.165) is 53.3 Å². The van der Waals surface area contributed by atoms with E-state index in [9.17, 15) is 30.1 Å². The Labute approximate surface area is 256 Å². The van der Waals surface area contributed by atoms with Crippen molar-refractivity contribution in [3.63, 3.8) is 0 Å². The van der Waals surface area contributed by atoms with E-state index in [-0.39, 0.29) is 39.0 Å². The van der Waals surface area contributed by atoms with Crippen LogP contribution in [0.3, 0.4) is 0 Å². The number of ketones is 1. The first-order valence-corrected chi connectivity index (χ1v) is 15.1. The first-order chi connectivity index (χ1) is 20.7. The van der Waals surface area contributed by atoms with Gasteiger partial charge in [0, 0.05) is 65.3 Å². The maximum absolute atomic E-state index is 13.6. The second-order valence-corrected chi connectivity index (χ2v) is 13.4. The monoisotopic (exact) mass is 597 g/mol. The molecule has 0 amide bonds. The Hall–Kier alpha value is -4.60. The van der Waals surface area contributed by atoms with Gasteiger partial charge in [-0.15, -0.1) is 0 Å². The predicted molar refractivity (Wildman–Crippen MR) is 168 cm³/mol. The molecular formula is C34H37N4O6+. The molecule has 0 saturated heterocycles. The molecule has 2 heterocycles. The largest absolute Gasteiger partial charge is 0.506 e. The van der Waals surface area contributed by atoms with Gasteiger partial charge in [-0.3, -0.25) is 25.0 Å². The van der Waals surface area contributed by atoms with Gasteiger partial charge in [-0.1, -0.05) is 33.1 Å². The zero-order valence-corrected chi connectivity index (χ0v) is 25.7. The highest BCUT2D eigenvalue weighted by atomic mass is 16.6. The quantitative estimate of drug-likeness (QED) is 0.163. The minimum atomic E-state index is -0.640. The number of carbonyl (C=O) groups excluding carboxylic acids is 1. The van der Waals surface area contributed by atoms with Crippen LogP contribution in [-0.2, 0) is 15.6 Å². The third-order valence-electron chi connectivity index (χ3n) is 10.0. The summed E-state index contributed by atoms with van der Waals surface area (Å²) < 4.78 is 1.90. The minimum Gasteiger partial charge on any atom is -0.506 e. The normalized spacial score (nSPS) is 22.5. The molecule has 2 aliphatic heterocycles. The van der Waals surface area contributed by atoms with E-state index in [4.69, 9.17) is 0 Å². The van der Waals surface area contributed by atoms with Gasteiger partial charge >= 0.3 is 0 Å². The fourth-order valence-electron chi connectivity index (χ4n) is 7.44. The first kappa shape index (κ1) is 29.5. The van der Waals surface area contributed by atoms with E-state index in [1.165, 1.54) is 31.4 Å². The average Bonchev–Trinajstić information content (AvgIpc) is 3.31. The van der Waals surface area contributed by atoms with Gasteiger partial charge in [0.25, 0.3) is 11.4 Å². The second kappa shape index (κ2) is 10.2. The van der Waals surface area contributed by atoms with E-state index in [2.05, 4.69) is 4.90 Å². The zero-order chi connectivity index (χ0) is 31.7. The number of aliphatic hydroxyl groups is 1. The average molecular weight is 598 g/mol. The maximum Gasteiger partial charge on any atom is 0.270 e. The number of hydrogen-bond donors (Lipinski definition) is 1. The van der Waals surface area contributed by atoms with Gasteiger partial charge in [-0.05, 0) is 50.3 Å². The second-order valence-electron chi connectivity index (χ2n) is 13.4. The zero-order valence-electron chi connectivity index (χ0n) is 25.7. The summed E-state index contributed by atoms with van der Waals surface area (Å²) in [7, 11) is 1.85. The van der Waals surface area contributed by atoms with Crippen molar-refractivity contribution >= 4 is 34.2 Å². The summed E-state index contributed by atoms with van der Waals surface area (Å²) in [5, 5.41) is 34.3. The van der Waals surface area contributed by atoms with Crippen molar-refractivity contribution in [1.82, 2.24) is 0 Å². The molecule has 4 aliphatic rings. The van der Waals surface area contributed by atoms with Crippen molar-refractivity contribution < 1.29 is 24.3 Å². The van der Waals surface area contributed by atoms with Gasteiger partial charge in [0.15, 0.2) is 5.71 Å². The molecule has 2 aromatic carbocycles. The van der Waals surface area contributed by atoms with Gasteiger partial charge in [-0.25, -0.2) is 0 Å². The number of hydrogen-bond acceptors (Lipinski definition) is 7. The first-order valence-electron chi connectivity index (χ1n) is 15.1. The molecule has 2 aromatic rings. The SMILES string of the molecule is C[N+]1=C(/C=C2/C(=O)C(/C=C3\N(CC4CCCCC4)c4ccc([N+](=O)[O-])cc4C3(C)C)=C2O)C(C)(C)c2cc([N+](=O)[O-])ccc21. The van der Waals surface area contributed by atoms with Crippen LogP contribution in [0.5, 0.6) is 0 Å². The third kappa shape index (κ3) is 4.46. The molecule has 228 valence electrons. The van der Waals surface area contributed by atoms with E-state index in [1.54, 1.807) is 36.4 Å². The van der Waals surface area contributed by atoms with E-state index in [1.807, 2.05) is 39.3 Å². The third-order valence-corrected chi connectivity index (χ3v) is 10.0. The van der Waals surface area contributed by atoms with E-state index >= 15 is 0 Å². The number of anilines is 1. The van der Waals surface area contributed by atoms with Crippen molar-refractivity contribution in [2.75, 3.05) is 18.5 Å². The Morgan fingerprint density at radius 3 is 2.16 bits per heavy atom. The molecular weight excluding hydrogens is 560 g/mol. The Balaban J connectivity index is 1.40. The molecule has 0 bridgehead atoms. The predicted octanol–water partition coefficient (Wildman–Crippen LogP) is 7.09. The van der Waals surface area contributed by atoms with Crippen LogP contribution in [0.4, 0.5) is 22.7 Å². The number of benzene rings is 2. The molecule has 0 unspecified atom stereocenters. The lowest BCUT2D eigenvalue weighted by Gasteiger charge is -2.33. The lowest BCUT2D eigenvalue weighted by molar-refractivity contribution is -0.402. The molecule has 0 spiro atoms. The van der Waals surface area contributed by atoms with Gasteiger partial charge in [0.05, 0.1) is 26.4 Å². The van der Waals surface area contributed by atoms with Gasteiger partial charge < -0.3 is 10.0 Å². The fourth-order valence-corrected chi connectivity index (χ4v) is 7.44. The molecule has 6 rings (SSSR count). The Morgan fingerprint density at radius 1 is 0.932 bits per heavy atom. The minimum absolute atomic E-state index is 0.00112.